The van der Waals surface area contributed by atoms with E-state index in [2.05, 4.69) is 0 Å². The van der Waals surface area contributed by atoms with Gasteiger partial charge in [-0.15, -0.1) is 0 Å². The van der Waals surface area contributed by atoms with Crippen LogP contribution >= 0.6 is 0 Å². The van der Waals surface area contributed by atoms with Gasteiger partial charge in [0.05, 0.1) is 5.60 Å². The molecule has 0 aromatic rings. The summed E-state index contributed by atoms with van der Waals surface area (Å²) in [6.07, 6.45) is 4.65. The molecule has 0 radical (unpaired) electrons. The lowest BCUT2D eigenvalue weighted by Crippen LogP contribution is -2.55. The molecule has 0 unspecified atom stereocenters. The molecule has 0 bridgehead atoms. The number of ether oxygens (including phenoxy) is 1. The molecule has 6 heteroatoms. The Bertz CT molecular complexity index is 361. The van der Waals surface area contributed by atoms with Crippen molar-refractivity contribution in [2.75, 3.05) is 26.3 Å². The van der Waals surface area contributed by atoms with Crippen molar-refractivity contribution < 1.29 is 19.4 Å². The predicted octanol–water partition coefficient (Wildman–Crippen LogP) is -0.358. The molecular weight excluding hydrogens is 248 g/mol. The summed E-state index contributed by atoms with van der Waals surface area (Å²) in [5.41, 5.74) is 4.36. The van der Waals surface area contributed by atoms with Crippen molar-refractivity contribution >= 4 is 11.8 Å². The third-order valence-corrected chi connectivity index (χ3v) is 4.25. The molecule has 2 aliphatic rings. The van der Waals surface area contributed by atoms with Crippen molar-refractivity contribution in [3.8, 4) is 0 Å². The SMILES string of the molecule is NC(=O)COCC(=O)N1CC[C@@]2(O)CCCC[C@H]2C1. The highest BCUT2D eigenvalue weighted by atomic mass is 16.5. The maximum atomic E-state index is 11.9. The number of carbonyl (C=O) groups excluding carboxylic acids is 2. The number of nitrogens with zero attached hydrogens (tertiary/aromatic N) is 1. The van der Waals surface area contributed by atoms with Gasteiger partial charge >= 0.3 is 0 Å². The quantitative estimate of drug-likeness (QED) is 0.729. The largest absolute Gasteiger partial charge is 0.389 e. The van der Waals surface area contributed by atoms with Crippen LogP contribution in [0, 0.1) is 5.92 Å². The van der Waals surface area contributed by atoms with Gasteiger partial charge in [-0.25, -0.2) is 0 Å². The molecule has 1 heterocycles. The molecule has 1 aliphatic heterocycles. The number of likely N-dealkylation sites (tertiary alicyclic amines) is 1. The van der Waals surface area contributed by atoms with E-state index in [4.69, 9.17) is 10.5 Å². The van der Waals surface area contributed by atoms with Crippen LogP contribution < -0.4 is 5.73 Å². The van der Waals surface area contributed by atoms with E-state index in [1.807, 2.05) is 0 Å². The van der Waals surface area contributed by atoms with Gasteiger partial charge < -0.3 is 20.5 Å². The monoisotopic (exact) mass is 270 g/mol. The van der Waals surface area contributed by atoms with Gasteiger partial charge in [-0.2, -0.15) is 0 Å². The summed E-state index contributed by atoms with van der Waals surface area (Å²) in [5.74, 6) is -0.530. The first kappa shape index (κ1) is 14.3. The Kier molecular flexibility index (Phi) is 4.42. The second-order valence-electron chi connectivity index (χ2n) is 5.60. The number of primary amides is 1. The Morgan fingerprint density at radius 1 is 1.32 bits per heavy atom. The number of hydrogen-bond donors (Lipinski definition) is 2. The van der Waals surface area contributed by atoms with E-state index >= 15 is 0 Å². The number of aliphatic hydroxyl groups is 1. The zero-order chi connectivity index (χ0) is 13.9. The lowest BCUT2D eigenvalue weighted by molar-refractivity contribution is -0.148. The highest BCUT2D eigenvalue weighted by Gasteiger charge is 2.43. The maximum Gasteiger partial charge on any atom is 0.248 e. The molecule has 1 saturated carbocycles. The van der Waals surface area contributed by atoms with Crippen LogP contribution in [0.3, 0.4) is 0 Å². The highest BCUT2D eigenvalue weighted by molar-refractivity contribution is 5.79. The number of carbonyl (C=O) groups is 2. The molecule has 19 heavy (non-hydrogen) atoms. The minimum atomic E-state index is -0.580. The predicted molar refractivity (Wildman–Crippen MR) is 68.1 cm³/mol. The van der Waals surface area contributed by atoms with Crippen LogP contribution in [0.1, 0.15) is 32.1 Å². The molecule has 3 N–H and O–H groups in total. The molecular formula is C13H22N2O4. The molecule has 2 rings (SSSR count). The average molecular weight is 270 g/mol. The molecule has 2 fully saturated rings. The number of rotatable bonds is 4. The molecule has 1 saturated heterocycles. The Balaban J connectivity index is 1.83. The molecule has 0 aromatic carbocycles. The fraction of sp³-hybridized carbons (Fsp3) is 0.846. The normalized spacial score (nSPS) is 30.8. The van der Waals surface area contributed by atoms with Crippen molar-refractivity contribution in [1.82, 2.24) is 4.90 Å². The molecule has 2 atom stereocenters. The Morgan fingerprint density at radius 2 is 2.11 bits per heavy atom. The summed E-state index contributed by atoms with van der Waals surface area (Å²) in [6, 6.07) is 0. The maximum absolute atomic E-state index is 11.9. The number of amides is 2. The average Bonchev–Trinajstić information content (AvgIpc) is 2.37. The highest BCUT2D eigenvalue weighted by Crippen LogP contribution is 2.39. The van der Waals surface area contributed by atoms with Gasteiger partial charge in [0.25, 0.3) is 0 Å². The van der Waals surface area contributed by atoms with Crippen LogP contribution in [0.25, 0.3) is 0 Å². The van der Waals surface area contributed by atoms with Crippen LogP contribution in [-0.4, -0.2) is 53.7 Å². The van der Waals surface area contributed by atoms with Gasteiger partial charge in [0.15, 0.2) is 0 Å². The molecule has 108 valence electrons. The molecule has 1 aliphatic carbocycles. The Hall–Kier alpha value is -1.14. The summed E-state index contributed by atoms with van der Waals surface area (Å²) in [7, 11) is 0. The lowest BCUT2D eigenvalue weighted by Gasteiger charge is -2.47. The van der Waals surface area contributed by atoms with Crippen molar-refractivity contribution in [2.24, 2.45) is 11.7 Å². The second-order valence-corrected chi connectivity index (χ2v) is 5.60. The van der Waals surface area contributed by atoms with Crippen LogP contribution in [0.4, 0.5) is 0 Å². The van der Waals surface area contributed by atoms with Gasteiger partial charge in [0.1, 0.15) is 13.2 Å². The molecule has 0 spiro atoms. The fourth-order valence-corrected chi connectivity index (χ4v) is 3.13. The van der Waals surface area contributed by atoms with Crippen molar-refractivity contribution in [1.29, 1.82) is 0 Å². The van der Waals surface area contributed by atoms with E-state index in [0.29, 0.717) is 19.5 Å². The third kappa shape index (κ3) is 3.45. The summed E-state index contributed by atoms with van der Waals surface area (Å²) in [6.45, 7) is 0.808. The van der Waals surface area contributed by atoms with Gasteiger partial charge in [-0.3, -0.25) is 9.59 Å². The second kappa shape index (κ2) is 5.88. The summed E-state index contributed by atoms with van der Waals surface area (Å²) in [5, 5.41) is 10.5. The summed E-state index contributed by atoms with van der Waals surface area (Å²) in [4.78, 5) is 24.2. The minimum Gasteiger partial charge on any atom is -0.389 e. The first-order chi connectivity index (χ1) is 9.01. The number of fused-ring (bicyclic) bond motifs is 1. The van der Waals surface area contributed by atoms with Gasteiger partial charge in [0, 0.05) is 19.0 Å². The van der Waals surface area contributed by atoms with E-state index in [-0.39, 0.29) is 25.0 Å². The number of hydrogen-bond acceptors (Lipinski definition) is 4. The molecule has 6 nitrogen and oxygen atoms in total. The van der Waals surface area contributed by atoms with Gasteiger partial charge in [-0.1, -0.05) is 12.8 Å². The van der Waals surface area contributed by atoms with Crippen molar-refractivity contribution in [3.05, 3.63) is 0 Å². The van der Waals surface area contributed by atoms with Gasteiger partial charge in [-0.05, 0) is 19.3 Å². The summed E-state index contributed by atoms with van der Waals surface area (Å²) < 4.78 is 4.94. The zero-order valence-electron chi connectivity index (χ0n) is 11.1. The standard InChI is InChI=1S/C13H22N2O4/c14-11(16)8-19-9-12(17)15-6-5-13(18)4-2-1-3-10(13)7-15/h10,18H,1-9H2,(H2,14,16)/t10-,13-/m0/s1. The number of piperidine rings is 1. The van der Waals surface area contributed by atoms with E-state index in [0.717, 1.165) is 25.7 Å². The summed E-state index contributed by atoms with van der Waals surface area (Å²) >= 11 is 0. The lowest BCUT2D eigenvalue weighted by atomic mass is 9.71. The van der Waals surface area contributed by atoms with E-state index in [9.17, 15) is 14.7 Å². The zero-order valence-corrected chi connectivity index (χ0v) is 11.1. The molecule has 0 aromatic heterocycles. The number of nitrogens with two attached hydrogens (primary N) is 1. The van der Waals surface area contributed by atoms with Crippen LogP contribution in [-0.2, 0) is 14.3 Å². The van der Waals surface area contributed by atoms with E-state index < -0.39 is 11.5 Å². The van der Waals surface area contributed by atoms with Crippen LogP contribution in [0.15, 0.2) is 0 Å². The topological polar surface area (TPSA) is 92.9 Å². The minimum absolute atomic E-state index is 0.117. The smallest absolute Gasteiger partial charge is 0.248 e. The van der Waals surface area contributed by atoms with Crippen molar-refractivity contribution in [3.63, 3.8) is 0 Å². The first-order valence-electron chi connectivity index (χ1n) is 6.87. The molecule has 2 amide bonds. The van der Waals surface area contributed by atoms with Crippen LogP contribution in [0.2, 0.25) is 0 Å². The first-order valence-corrected chi connectivity index (χ1v) is 6.87. The van der Waals surface area contributed by atoms with Gasteiger partial charge in [0.2, 0.25) is 11.8 Å². The van der Waals surface area contributed by atoms with E-state index in [1.165, 1.54) is 0 Å². The van der Waals surface area contributed by atoms with Crippen LogP contribution in [0.5, 0.6) is 0 Å². The Morgan fingerprint density at radius 3 is 2.84 bits per heavy atom. The van der Waals surface area contributed by atoms with E-state index in [1.54, 1.807) is 4.90 Å². The third-order valence-electron chi connectivity index (χ3n) is 4.25. The Labute approximate surface area is 112 Å². The van der Waals surface area contributed by atoms with Crippen molar-refractivity contribution in [2.45, 2.75) is 37.7 Å². The fourth-order valence-electron chi connectivity index (χ4n) is 3.13.